The summed E-state index contributed by atoms with van der Waals surface area (Å²) in [6, 6.07) is 2.54. The highest BCUT2D eigenvalue weighted by atomic mass is 32.1. The highest BCUT2D eigenvalue weighted by Gasteiger charge is 2.11. The van der Waals surface area contributed by atoms with Crippen molar-refractivity contribution in [1.29, 1.82) is 0 Å². The van der Waals surface area contributed by atoms with Crippen molar-refractivity contribution < 1.29 is 9.18 Å². The molecule has 0 atom stereocenters. The van der Waals surface area contributed by atoms with Crippen LogP contribution in [-0.4, -0.2) is 15.9 Å². The minimum atomic E-state index is -0.607. The van der Waals surface area contributed by atoms with Crippen LogP contribution < -0.4 is 5.32 Å². The number of nitrogens with zero attached hydrogens (tertiary/aromatic N) is 2. The van der Waals surface area contributed by atoms with Gasteiger partial charge in [0.2, 0.25) is 5.95 Å². The maximum atomic E-state index is 12.6. The van der Waals surface area contributed by atoms with Crippen molar-refractivity contribution in [1.82, 2.24) is 9.97 Å². The van der Waals surface area contributed by atoms with Crippen LogP contribution in [0.5, 0.6) is 0 Å². The Labute approximate surface area is 108 Å². The highest BCUT2D eigenvalue weighted by molar-refractivity contribution is 7.15. The van der Waals surface area contributed by atoms with Gasteiger partial charge in [0.05, 0.1) is 11.3 Å². The van der Waals surface area contributed by atoms with E-state index in [1.54, 1.807) is 0 Å². The van der Waals surface area contributed by atoms with Crippen LogP contribution in [0.15, 0.2) is 18.3 Å². The number of carbonyl (C=O) groups excluding carboxylic acids is 1. The molecule has 0 saturated carbocycles. The lowest BCUT2D eigenvalue weighted by atomic mass is 10.3. The van der Waals surface area contributed by atoms with E-state index in [0.717, 1.165) is 23.1 Å². The molecule has 2 rings (SSSR count). The second kappa shape index (κ2) is 5.22. The molecule has 0 bridgehead atoms. The summed E-state index contributed by atoms with van der Waals surface area (Å²) in [5, 5.41) is 3.23. The minimum absolute atomic E-state index is 0.308. The number of nitrogens with one attached hydrogen (secondary N) is 1. The Balaban J connectivity index is 2.13. The summed E-state index contributed by atoms with van der Waals surface area (Å²) in [5.74, 6) is -0.941. The van der Waals surface area contributed by atoms with Gasteiger partial charge in [-0.1, -0.05) is 6.92 Å². The molecule has 0 aliphatic heterocycles. The molecule has 4 nitrogen and oxygen atoms in total. The molecule has 0 spiro atoms. The molecule has 18 heavy (non-hydrogen) atoms. The second-order valence-electron chi connectivity index (χ2n) is 3.70. The van der Waals surface area contributed by atoms with Gasteiger partial charge in [0.1, 0.15) is 0 Å². The quantitative estimate of drug-likeness (QED) is 0.868. The van der Waals surface area contributed by atoms with E-state index in [1.165, 1.54) is 23.6 Å². The van der Waals surface area contributed by atoms with Gasteiger partial charge in [-0.05, 0) is 25.5 Å². The maximum absolute atomic E-state index is 12.6. The first-order valence-electron chi connectivity index (χ1n) is 5.49. The monoisotopic (exact) mass is 265 g/mol. The van der Waals surface area contributed by atoms with Crippen LogP contribution in [0.2, 0.25) is 0 Å². The molecule has 2 aromatic rings. The van der Waals surface area contributed by atoms with Gasteiger partial charge in [0.25, 0.3) is 5.91 Å². The topological polar surface area (TPSA) is 54.9 Å². The van der Waals surface area contributed by atoms with Gasteiger partial charge in [-0.2, -0.15) is 4.39 Å². The zero-order valence-electron chi connectivity index (χ0n) is 10.0. The van der Waals surface area contributed by atoms with Gasteiger partial charge >= 0.3 is 0 Å². The van der Waals surface area contributed by atoms with E-state index < -0.39 is 5.95 Å². The average molecular weight is 265 g/mol. The van der Waals surface area contributed by atoms with Crippen molar-refractivity contribution in [3.05, 3.63) is 40.4 Å². The van der Waals surface area contributed by atoms with E-state index in [1.807, 2.05) is 13.8 Å². The summed E-state index contributed by atoms with van der Waals surface area (Å²) in [6.45, 7) is 3.98. The number of thiazole rings is 1. The van der Waals surface area contributed by atoms with Crippen LogP contribution in [0.4, 0.5) is 9.52 Å². The first-order chi connectivity index (χ1) is 8.60. The van der Waals surface area contributed by atoms with Crippen LogP contribution >= 0.6 is 11.3 Å². The summed E-state index contributed by atoms with van der Waals surface area (Å²) in [6.07, 6.45) is 2.03. The molecule has 1 N–H and O–H groups in total. The SMILES string of the molecule is CCc1nc(NC(=O)c2ccc(F)nc2)sc1C. The zero-order chi connectivity index (χ0) is 13.1. The third-order valence-corrected chi connectivity index (χ3v) is 3.37. The fourth-order valence-corrected chi connectivity index (χ4v) is 2.39. The number of anilines is 1. The van der Waals surface area contributed by atoms with E-state index in [-0.39, 0.29) is 5.91 Å². The van der Waals surface area contributed by atoms with Crippen LogP contribution in [0.25, 0.3) is 0 Å². The third kappa shape index (κ3) is 2.70. The van der Waals surface area contributed by atoms with Crippen LogP contribution in [0.1, 0.15) is 27.9 Å². The summed E-state index contributed by atoms with van der Waals surface area (Å²) in [4.78, 5) is 20.7. The van der Waals surface area contributed by atoms with Crippen molar-refractivity contribution in [3.8, 4) is 0 Å². The normalized spacial score (nSPS) is 10.4. The van der Waals surface area contributed by atoms with E-state index in [9.17, 15) is 9.18 Å². The first kappa shape index (κ1) is 12.6. The molecule has 0 fully saturated rings. The third-order valence-electron chi connectivity index (χ3n) is 2.44. The maximum Gasteiger partial charge on any atom is 0.259 e. The Morgan fingerprint density at radius 3 is 2.83 bits per heavy atom. The number of rotatable bonds is 3. The van der Waals surface area contributed by atoms with Crippen molar-refractivity contribution in [2.45, 2.75) is 20.3 Å². The molecule has 1 amide bonds. The number of pyridine rings is 1. The van der Waals surface area contributed by atoms with Gasteiger partial charge in [-0.3, -0.25) is 10.1 Å². The predicted molar refractivity (Wildman–Crippen MR) is 68.4 cm³/mol. The summed E-state index contributed by atoms with van der Waals surface area (Å²) in [5.41, 5.74) is 1.29. The summed E-state index contributed by atoms with van der Waals surface area (Å²) in [7, 11) is 0. The molecule has 6 heteroatoms. The molecular formula is C12H12FN3OS. The molecule has 0 aromatic carbocycles. The van der Waals surface area contributed by atoms with Crippen LogP contribution in [-0.2, 0) is 6.42 Å². The van der Waals surface area contributed by atoms with E-state index >= 15 is 0 Å². The molecule has 0 unspecified atom stereocenters. The Morgan fingerprint density at radius 2 is 2.28 bits per heavy atom. The minimum Gasteiger partial charge on any atom is -0.298 e. The molecule has 0 aliphatic carbocycles. The number of aromatic nitrogens is 2. The number of halogens is 1. The first-order valence-corrected chi connectivity index (χ1v) is 6.31. The fraction of sp³-hybridized carbons (Fsp3) is 0.250. The van der Waals surface area contributed by atoms with E-state index in [4.69, 9.17) is 0 Å². The van der Waals surface area contributed by atoms with Gasteiger partial charge in [0.15, 0.2) is 5.13 Å². The van der Waals surface area contributed by atoms with E-state index in [2.05, 4.69) is 15.3 Å². The molecular weight excluding hydrogens is 253 g/mol. The van der Waals surface area contributed by atoms with Crippen molar-refractivity contribution in [2.75, 3.05) is 5.32 Å². The molecule has 94 valence electrons. The fourth-order valence-electron chi connectivity index (χ4n) is 1.49. The van der Waals surface area contributed by atoms with Crippen molar-refractivity contribution in [3.63, 3.8) is 0 Å². The smallest absolute Gasteiger partial charge is 0.259 e. The molecule has 2 heterocycles. The molecule has 0 aliphatic rings. The highest BCUT2D eigenvalue weighted by Crippen LogP contribution is 2.22. The Morgan fingerprint density at radius 1 is 1.50 bits per heavy atom. The lowest BCUT2D eigenvalue weighted by Gasteiger charge is -2.00. The Kier molecular flexibility index (Phi) is 3.66. The Bertz CT molecular complexity index is 565. The van der Waals surface area contributed by atoms with Gasteiger partial charge in [0, 0.05) is 11.1 Å². The molecule has 0 radical (unpaired) electrons. The van der Waals surface area contributed by atoms with Crippen LogP contribution in [0, 0.1) is 12.9 Å². The zero-order valence-corrected chi connectivity index (χ0v) is 10.8. The second-order valence-corrected chi connectivity index (χ2v) is 4.90. The lowest BCUT2D eigenvalue weighted by molar-refractivity contribution is 0.102. The predicted octanol–water partition coefficient (Wildman–Crippen LogP) is 2.80. The number of aryl methyl sites for hydroxylation is 2. The Hall–Kier alpha value is -1.82. The van der Waals surface area contributed by atoms with Crippen molar-refractivity contribution in [2.24, 2.45) is 0 Å². The van der Waals surface area contributed by atoms with Gasteiger partial charge in [-0.25, -0.2) is 9.97 Å². The number of hydrogen-bond donors (Lipinski definition) is 1. The number of amides is 1. The van der Waals surface area contributed by atoms with Crippen LogP contribution in [0.3, 0.4) is 0 Å². The average Bonchev–Trinajstić information content (AvgIpc) is 2.70. The number of carbonyl (C=O) groups is 1. The molecule has 2 aromatic heterocycles. The number of hydrogen-bond acceptors (Lipinski definition) is 4. The standard InChI is InChI=1S/C12H12FN3OS/c1-3-9-7(2)18-12(15-9)16-11(17)8-4-5-10(13)14-6-8/h4-6H,3H2,1-2H3,(H,15,16,17). The van der Waals surface area contributed by atoms with Crippen molar-refractivity contribution >= 4 is 22.4 Å². The van der Waals surface area contributed by atoms with Gasteiger partial charge < -0.3 is 0 Å². The lowest BCUT2D eigenvalue weighted by Crippen LogP contribution is -2.12. The summed E-state index contributed by atoms with van der Waals surface area (Å²) >= 11 is 1.43. The molecule has 0 saturated heterocycles. The van der Waals surface area contributed by atoms with E-state index in [0.29, 0.717) is 10.7 Å². The largest absolute Gasteiger partial charge is 0.298 e. The van der Waals surface area contributed by atoms with Gasteiger partial charge in [-0.15, -0.1) is 11.3 Å². The summed E-state index contributed by atoms with van der Waals surface area (Å²) < 4.78 is 12.6.